The van der Waals surface area contributed by atoms with Crippen molar-refractivity contribution < 1.29 is 87.2 Å². The van der Waals surface area contributed by atoms with Crippen molar-refractivity contribution >= 4 is 99.6 Å². The number of amides is 13. The number of unbranched alkanes of at least 4 members (excludes halogenated alkanes) is 1. The number of rotatable bonds is 35. The van der Waals surface area contributed by atoms with Crippen molar-refractivity contribution in [2.24, 2.45) is 11.7 Å². The number of para-hydroxylation sites is 1. The van der Waals surface area contributed by atoms with E-state index in [0.29, 0.717) is 68.2 Å². The van der Waals surface area contributed by atoms with Gasteiger partial charge in [-0.15, -0.1) is 0 Å². The van der Waals surface area contributed by atoms with Gasteiger partial charge in [0.25, 0.3) is 0 Å². The molecule has 13 amide bonds. The Morgan fingerprint density at radius 3 is 1.54 bits per heavy atom. The molecule has 33 nitrogen and oxygen atoms in total. The lowest BCUT2D eigenvalue weighted by molar-refractivity contribution is -0.151. The summed E-state index contributed by atoms with van der Waals surface area (Å²) in [5, 5.41) is 51.7. The second kappa shape index (κ2) is 38.6. The van der Waals surface area contributed by atoms with E-state index in [1.54, 1.807) is 48.7 Å². The number of carboxylic acid groups (broad SMARTS) is 2. The molecule has 0 bridgehead atoms. The first-order valence-electron chi connectivity index (χ1n) is 38.7. The van der Waals surface area contributed by atoms with Crippen molar-refractivity contribution in [3.8, 4) is 5.75 Å². The van der Waals surface area contributed by atoms with Gasteiger partial charge in [0.1, 0.15) is 78.3 Å². The summed E-state index contributed by atoms with van der Waals surface area (Å²) >= 11 is 0. The van der Waals surface area contributed by atoms with E-state index in [1.807, 2.05) is 38.1 Å². The molecular weight excluding hydrogens is 1430 g/mol. The van der Waals surface area contributed by atoms with Crippen LogP contribution in [0.5, 0.6) is 5.75 Å². The SMILES string of the molecule is CC(C)C[C@H](NC(=O)[C@H](Cc1ccccc1)NC(=O)[C@@H]1CCCN1C(=O)[C@@H]1CCCN1C(=O)[C@@H]1CCCN1C(=O)[C@H](Cc1c[nH]c2ccccc12)NC(=O)[C@H](Cc1ccc(O)cc1)NC(=O)[C@@H]1CCCN1C(=O)[C@H](CCCCN)NC(=O)CNC(=O)[C@@H]1CCC(=O)N1)C(=O)N1CCC[C@H]1C(=O)N[C@@H](CCC(=O)O)C(=O)O. The minimum absolute atomic E-state index is 0.0449. The van der Waals surface area contributed by atoms with Crippen LogP contribution in [0.2, 0.25) is 0 Å². The smallest absolute Gasteiger partial charge is 0.326 e. The molecule has 0 saturated carbocycles. The highest BCUT2D eigenvalue weighted by Gasteiger charge is 2.49. The van der Waals surface area contributed by atoms with Crippen molar-refractivity contribution in [2.75, 3.05) is 45.8 Å². The molecule has 4 aromatic rings. The summed E-state index contributed by atoms with van der Waals surface area (Å²) in [7, 11) is 0. The van der Waals surface area contributed by atoms with Crippen molar-refractivity contribution in [3.63, 3.8) is 0 Å². The molecule has 6 saturated heterocycles. The van der Waals surface area contributed by atoms with Gasteiger partial charge < -0.3 is 93.1 Å². The van der Waals surface area contributed by atoms with Gasteiger partial charge in [-0.1, -0.05) is 74.5 Å². The minimum Gasteiger partial charge on any atom is -0.508 e. The third kappa shape index (κ3) is 21.3. The fraction of sp³-hybridized carbons (Fsp3) is 0.551. The fourth-order valence-electron chi connectivity index (χ4n) is 16.0. The van der Waals surface area contributed by atoms with Gasteiger partial charge in [-0.3, -0.25) is 67.1 Å². The topological polar surface area (TPSA) is 471 Å². The van der Waals surface area contributed by atoms with Crippen LogP contribution >= 0.6 is 0 Å². The molecule has 12 atom stereocenters. The molecule has 598 valence electrons. The molecular formula is C78H103N15O18. The molecule has 0 radical (unpaired) electrons. The van der Waals surface area contributed by atoms with Gasteiger partial charge >= 0.3 is 11.9 Å². The van der Waals surface area contributed by atoms with E-state index in [2.05, 4.69) is 47.5 Å². The maximum Gasteiger partial charge on any atom is 0.326 e. The van der Waals surface area contributed by atoms with Crippen LogP contribution in [0.15, 0.2) is 85.1 Å². The molecule has 111 heavy (non-hydrogen) atoms. The lowest BCUT2D eigenvalue weighted by Crippen LogP contribution is -2.60. The Kier molecular flexibility index (Phi) is 28.7. The van der Waals surface area contributed by atoms with E-state index < -0.39 is 175 Å². The monoisotopic (exact) mass is 1540 g/mol. The Morgan fingerprint density at radius 1 is 0.505 bits per heavy atom. The highest BCUT2D eigenvalue weighted by Crippen LogP contribution is 2.31. The van der Waals surface area contributed by atoms with Gasteiger partial charge in [-0.25, -0.2) is 4.79 Å². The van der Waals surface area contributed by atoms with Crippen molar-refractivity contribution in [2.45, 2.75) is 221 Å². The highest BCUT2D eigenvalue weighted by atomic mass is 16.4. The van der Waals surface area contributed by atoms with E-state index in [4.69, 9.17) is 5.73 Å². The first-order chi connectivity index (χ1) is 53.3. The Bertz CT molecular complexity index is 4080. The number of hydrogen-bond donors (Lipinski definition) is 13. The normalized spacial score (nSPS) is 21.2. The largest absolute Gasteiger partial charge is 0.508 e. The number of nitrogens with one attached hydrogen (secondary N) is 9. The molecule has 3 aromatic carbocycles. The standard InChI is InChI=1S/C78H103N15O18/c1-45(2)39-57(74(106)90-35-11-20-59(90)70(102)84-54(78(110)111)30-32-66(97)98)87-68(100)55(40-46-15-4-3-5-16-46)85-72(104)61-22-12-36-91(61)76(108)63-24-14-38-93(63)77(109)62-23-13-37-92(62)75(107)58(42-48-43-80-51-18-7-6-17-50(48)51)88-69(101)56(41-47-25-27-49(94)28-26-47)86-71(103)60-21-10-34-89(60)73(105)53(19-8-9-33-79)83-65(96)44-81-67(99)52-29-31-64(95)82-52/h3-7,15-18,25-28,43,45,52-63,80,94H,8-14,19-24,29-42,44,79H2,1-2H3,(H,81,99)(H,82,95)(H,83,96)(H,84,102)(H,85,104)(H,86,103)(H,87,100)(H,88,101)(H,97,98)(H,110,111)/t52-,53-,54-,55-,56-,57-,58-,59-,60-,61-,62-,63-/m0/s1. The number of likely N-dealkylation sites (tertiary alicyclic amines) is 5. The third-order valence-electron chi connectivity index (χ3n) is 21.7. The molecule has 0 spiro atoms. The summed E-state index contributed by atoms with van der Waals surface area (Å²) in [6.45, 7) is 4.05. The summed E-state index contributed by atoms with van der Waals surface area (Å²) in [6.07, 6.45) is 5.00. The zero-order valence-corrected chi connectivity index (χ0v) is 62.7. The molecule has 6 aliphatic rings. The third-order valence-corrected chi connectivity index (χ3v) is 21.7. The molecule has 0 aliphatic carbocycles. The minimum atomic E-state index is -1.54. The van der Waals surface area contributed by atoms with E-state index in [9.17, 15) is 68.1 Å². The maximum atomic E-state index is 15.6. The number of fused-ring (bicyclic) bond motifs is 1. The number of carboxylic acids is 2. The quantitative estimate of drug-likeness (QED) is 0.0275. The van der Waals surface area contributed by atoms with Gasteiger partial charge in [0.2, 0.25) is 76.8 Å². The van der Waals surface area contributed by atoms with E-state index in [-0.39, 0.29) is 127 Å². The Morgan fingerprint density at radius 2 is 0.991 bits per heavy atom. The average molecular weight is 1540 g/mol. The number of aromatic amines is 1. The van der Waals surface area contributed by atoms with Crippen LogP contribution in [0.3, 0.4) is 0 Å². The zero-order chi connectivity index (χ0) is 79.6. The lowest BCUT2D eigenvalue weighted by Gasteiger charge is -2.35. The molecule has 1 aromatic heterocycles. The number of nitrogens with zero attached hydrogens (tertiary/aromatic N) is 5. The number of benzene rings is 3. The Labute approximate surface area is 642 Å². The van der Waals surface area contributed by atoms with Crippen LogP contribution < -0.4 is 48.3 Å². The summed E-state index contributed by atoms with van der Waals surface area (Å²) in [5.74, 6) is -11.0. The number of carbonyl (C=O) groups excluding carboxylic acids is 13. The number of aliphatic carboxylic acids is 2. The molecule has 7 heterocycles. The van der Waals surface area contributed by atoms with Crippen molar-refractivity contribution in [1.29, 1.82) is 0 Å². The predicted molar refractivity (Wildman–Crippen MR) is 400 cm³/mol. The van der Waals surface area contributed by atoms with E-state index in [1.165, 1.54) is 36.6 Å². The zero-order valence-electron chi connectivity index (χ0n) is 62.7. The van der Waals surface area contributed by atoms with Gasteiger partial charge in [0, 0.05) is 81.9 Å². The molecule has 10 rings (SSSR count). The van der Waals surface area contributed by atoms with Crippen molar-refractivity contribution in [1.82, 2.24) is 72.0 Å². The predicted octanol–water partition coefficient (Wildman–Crippen LogP) is 0.284. The van der Waals surface area contributed by atoms with Crippen LogP contribution in [0.4, 0.5) is 0 Å². The molecule has 33 heteroatoms. The number of aromatic hydroxyl groups is 1. The first-order valence-corrected chi connectivity index (χ1v) is 38.7. The molecule has 6 fully saturated rings. The number of H-pyrrole nitrogens is 1. The number of hydrogen-bond acceptors (Lipinski definition) is 17. The fourth-order valence-corrected chi connectivity index (χ4v) is 16.0. The summed E-state index contributed by atoms with van der Waals surface area (Å²) in [6, 6.07) is 7.82. The number of phenolic OH excluding ortho intramolecular Hbond substituents is 1. The second-order valence-corrected chi connectivity index (χ2v) is 30.1. The van der Waals surface area contributed by atoms with Gasteiger partial charge in [-0.05, 0) is 150 Å². The first kappa shape index (κ1) is 82.5. The van der Waals surface area contributed by atoms with E-state index in [0.717, 1.165) is 10.9 Å². The summed E-state index contributed by atoms with van der Waals surface area (Å²) in [4.78, 5) is 220. The van der Waals surface area contributed by atoms with Crippen molar-refractivity contribution in [3.05, 3.63) is 102 Å². The lowest BCUT2D eigenvalue weighted by atomic mass is 10.00. The Balaban J connectivity index is 0.836. The number of nitrogens with two attached hydrogens (primary N) is 1. The van der Waals surface area contributed by atoms with E-state index >= 15 is 19.2 Å². The average Bonchev–Trinajstić information content (AvgIpc) is 1.66. The van der Waals surface area contributed by atoms with Crippen LogP contribution in [-0.2, 0) is 91.2 Å². The van der Waals surface area contributed by atoms with Gasteiger partial charge in [0.05, 0.1) is 6.54 Å². The summed E-state index contributed by atoms with van der Waals surface area (Å²) in [5.41, 5.74) is 8.34. The second-order valence-electron chi connectivity index (χ2n) is 30.1. The van der Waals surface area contributed by atoms with Crippen LogP contribution in [0, 0.1) is 5.92 Å². The number of carbonyl (C=O) groups is 15. The number of aromatic nitrogens is 1. The highest BCUT2D eigenvalue weighted by molar-refractivity contribution is 6.01. The van der Waals surface area contributed by atoms with Gasteiger partial charge in [-0.2, -0.15) is 0 Å². The Hall–Kier alpha value is -11.0. The van der Waals surface area contributed by atoms with Crippen LogP contribution in [0.25, 0.3) is 10.9 Å². The number of phenols is 1. The van der Waals surface area contributed by atoms with Crippen LogP contribution in [0.1, 0.15) is 146 Å². The maximum absolute atomic E-state index is 15.6. The van der Waals surface area contributed by atoms with Crippen LogP contribution in [-0.4, -0.2) is 252 Å². The molecule has 0 unspecified atom stereocenters. The summed E-state index contributed by atoms with van der Waals surface area (Å²) < 4.78 is 0. The molecule has 6 aliphatic heterocycles. The molecule has 14 N–H and O–H groups in total. The van der Waals surface area contributed by atoms with Gasteiger partial charge in [0.15, 0.2) is 0 Å².